The fraction of sp³-hybridized carbons (Fsp3) is 0.517. The number of hydrogen-bond acceptors (Lipinski definition) is 4. The van der Waals surface area contributed by atoms with E-state index in [9.17, 15) is 14.3 Å². The second-order valence-electron chi connectivity index (χ2n) is 10.6. The van der Waals surface area contributed by atoms with Crippen LogP contribution in [0.1, 0.15) is 56.0 Å². The number of aryl methyl sites for hydroxylation is 2. The first-order valence-corrected chi connectivity index (χ1v) is 12.9. The Morgan fingerprint density at radius 2 is 2.06 bits per heavy atom. The molecule has 0 aliphatic heterocycles. The van der Waals surface area contributed by atoms with Crippen molar-refractivity contribution in [2.75, 3.05) is 27.2 Å². The molecule has 2 N–H and O–H groups in total. The number of rotatable bonds is 11. The van der Waals surface area contributed by atoms with Gasteiger partial charge in [0, 0.05) is 18.9 Å². The Labute approximate surface area is 212 Å². The summed E-state index contributed by atoms with van der Waals surface area (Å²) in [7, 11) is 3.58. The van der Waals surface area contributed by atoms with Crippen LogP contribution in [0.5, 0.6) is 0 Å². The molecule has 2 unspecified atom stereocenters. The molecule has 4 rings (SSSR count). The monoisotopic (exact) mass is 495 g/mol. The molecular formula is C29H38FN3O3. The maximum atomic E-state index is 14.0. The van der Waals surface area contributed by atoms with Crippen LogP contribution < -0.4 is 0 Å². The molecular weight excluding hydrogens is 457 g/mol. The topological polar surface area (TPSA) is 78.5 Å². The summed E-state index contributed by atoms with van der Waals surface area (Å²) in [4.78, 5) is 22.7. The minimum atomic E-state index is -0.929. The van der Waals surface area contributed by atoms with Crippen molar-refractivity contribution in [3.8, 4) is 0 Å². The Morgan fingerprint density at radius 3 is 2.75 bits per heavy atom. The lowest BCUT2D eigenvalue weighted by molar-refractivity contribution is -0.162. The van der Waals surface area contributed by atoms with Crippen LogP contribution in [-0.4, -0.2) is 59.3 Å². The van der Waals surface area contributed by atoms with E-state index < -0.39 is 17.5 Å². The van der Waals surface area contributed by atoms with Gasteiger partial charge in [0.15, 0.2) is 6.10 Å². The highest BCUT2D eigenvalue weighted by atomic mass is 19.1. The van der Waals surface area contributed by atoms with E-state index in [-0.39, 0.29) is 17.7 Å². The fourth-order valence-electron chi connectivity index (χ4n) is 6.39. The summed E-state index contributed by atoms with van der Waals surface area (Å²) in [5.74, 6) is -0.0325. The second kappa shape index (κ2) is 11.1. The molecule has 0 radical (unpaired) electrons. The molecule has 194 valence electrons. The largest absolute Gasteiger partial charge is 0.479 e. The predicted octanol–water partition coefficient (Wildman–Crippen LogP) is 5.43. The number of hydrogen-bond donors (Lipinski definition) is 2. The minimum absolute atomic E-state index is 0.0353. The lowest BCUT2D eigenvalue weighted by Gasteiger charge is -2.50. The molecule has 6 nitrogen and oxygen atoms in total. The number of nitrogens with zero attached hydrogens (tertiary/aromatic N) is 2. The van der Waals surface area contributed by atoms with Gasteiger partial charge in [0.05, 0.1) is 11.0 Å². The molecule has 1 aliphatic carbocycles. The average molecular weight is 496 g/mol. The number of ether oxygens (including phenoxy) is 1. The molecule has 7 heteroatoms. The second-order valence-corrected chi connectivity index (χ2v) is 10.6. The lowest BCUT2D eigenvalue weighted by Crippen LogP contribution is -2.51. The van der Waals surface area contributed by atoms with Gasteiger partial charge in [0.1, 0.15) is 11.6 Å². The van der Waals surface area contributed by atoms with E-state index in [1.807, 2.05) is 30.3 Å². The van der Waals surface area contributed by atoms with Crippen LogP contribution >= 0.6 is 0 Å². The van der Waals surface area contributed by atoms with E-state index in [0.717, 1.165) is 53.9 Å². The van der Waals surface area contributed by atoms with E-state index in [2.05, 4.69) is 35.8 Å². The fourth-order valence-corrected chi connectivity index (χ4v) is 6.39. The van der Waals surface area contributed by atoms with Crippen molar-refractivity contribution in [1.82, 2.24) is 14.9 Å². The zero-order valence-corrected chi connectivity index (χ0v) is 21.8. The Hall–Kier alpha value is -2.77. The number of H-pyrrole nitrogens is 1. The first-order valence-electron chi connectivity index (χ1n) is 12.9. The van der Waals surface area contributed by atoms with Crippen molar-refractivity contribution in [2.45, 2.75) is 58.0 Å². The number of methoxy groups -OCH3 is 1. The van der Waals surface area contributed by atoms with Crippen LogP contribution in [0.15, 0.2) is 42.5 Å². The van der Waals surface area contributed by atoms with Gasteiger partial charge in [-0.15, -0.1) is 0 Å². The van der Waals surface area contributed by atoms with E-state index in [0.29, 0.717) is 19.3 Å². The van der Waals surface area contributed by atoms with Gasteiger partial charge in [-0.25, -0.2) is 14.2 Å². The molecule has 0 amide bonds. The van der Waals surface area contributed by atoms with Crippen molar-refractivity contribution >= 4 is 17.0 Å². The smallest absolute Gasteiger partial charge is 0.333 e. The number of fused-ring (bicyclic) bond motifs is 2. The van der Waals surface area contributed by atoms with Gasteiger partial charge in [-0.1, -0.05) is 32.0 Å². The predicted molar refractivity (Wildman–Crippen MR) is 140 cm³/mol. The summed E-state index contributed by atoms with van der Waals surface area (Å²) in [5.41, 5.74) is 3.52. The zero-order chi connectivity index (χ0) is 25.9. The first kappa shape index (κ1) is 26.3. The number of carboxylic acids is 1. The summed E-state index contributed by atoms with van der Waals surface area (Å²) in [6.45, 7) is 5.89. The summed E-state index contributed by atoms with van der Waals surface area (Å²) < 4.78 is 19.7. The highest BCUT2D eigenvalue weighted by Crippen LogP contribution is 2.54. The number of carboxylic acid groups (broad SMARTS) is 1. The first-order chi connectivity index (χ1) is 17.2. The van der Waals surface area contributed by atoms with Crippen molar-refractivity contribution in [3.63, 3.8) is 0 Å². The molecule has 0 saturated heterocycles. The van der Waals surface area contributed by atoms with Crippen molar-refractivity contribution < 1.29 is 19.0 Å². The molecule has 1 aliphatic rings. The van der Waals surface area contributed by atoms with Gasteiger partial charge in [0.2, 0.25) is 0 Å². The van der Waals surface area contributed by atoms with Gasteiger partial charge < -0.3 is 19.7 Å². The van der Waals surface area contributed by atoms with Crippen molar-refractivity contribution in [3.05, 3.63) is 65.2 Å². The molecule has 3 atom stereocenters. The van der Waals surface area contributed by atoms with Crippen LogP contribution in [0.3, 0.4) is 0 Å². The summed E-state index contributed by atoms with van der Waals surface area (Å²) in [6.07, 6.45) is 2.88. The molecule has 1 heterocycles. The van der Waals surface area contributed by atoms with Crippen LogP contribution in [0.25, 0.3) is 11.0 Å². The summed E-state index contributed by atoms with van der Waals surface area (Å²) >= 11 is 0. The maximum absolute atomic E-state index is 14.0. The molecule has 1 aromatic heterocycles. The van der Waals surface area contributed by atoms with Gasteiger partial charge >= 0.3 is 5.97 Å². The Balaban J connectivity index is 1.49. The summed E-state index contributed by atoms with van der Waals surface area (Å²) in [5, 5.41) is 10.2. The van der Waals surface area contributed by atoms with Crippen molar-refractivity contribution in [1.29, 1.82) is 0 Å². The van der Waals surface area contributed by atoms with E-state index in [1.165, 1.54) is 13.2 Å². The van der Waals surface area contributed by atoms with Gasteiger partial charge in [0.25, 0.3) is 0 Å². The third kappa shape index (κ3) is 5.32. The van der Waals surface area contributed by atoms with Gasteiger partial charge in [-0.05, 0) is 93.0 Å². The number of nitrogens with one attached hydrogen (secondary N) is 1. The third-order valence-corrected chi connectivity index (χ3v) is 7.92. The quantitative estimate of drug-likeness (QED) is 0.371. The SMILES string of the molecule is CO[C@H](C(=O)O)C1(CCN(C)CCCc2nc3ccccc3[nH]2)CCc2cc(F)ccc2C1C(C)C. The minimum Gasteiger partial charge on any atom is -0.479 e. The van der Waals surface area contributed by atoms with Crippen LogP contribution in [0.2, 0.25) is 0 Å². The van der Waals surface area contributed by atoms with Crippen molar-refractivity contribution in [2.24, 2.45) is 11.3 Å². The number of halogens is 1. The number of aromatic amines is 1. The van der Waals surface area contributed by atoms with Crippen LogP contribution in [-0.2, 0) is 22.4 Å². The number of imidazole rings is 1. The molecule has 36 heavy (non-hydrogen) atoms. The average Bonchev–Trinajstić information content (AvgIpc) is 3.25. The molecule has 0 fully saturated rings. The summed E-state index contributed by atoms with van der Waals surface area (Å²) in [6, 6.07) is 13.0. The zero-order valence-electron chi connectivity index (χ0n) is 21.8. The van der Waals surface area contributed by atoms with Gasteiger partial charge in [-0.3, -0.25) is 0 Å². The molecule has 3 aromatic rings. The Kier molecular flexibility index (Phi) is 8.10. The molecule has 0 saturated carbocycles. The normalized spacial score (nSPS) is 20.7. The molecule has 0 spiro atoms. The van der Waals surface area contributed by atoms with Gasteiger partial charge in [-0.2, -0.15) is 0 Å². The number of aromatic nitrogens is 2. The number of para-hydroxylation sites is 2. The standard InChI is InChI=1S/C29H38FN3O3/c1-19(2)26-22-12-11-21(30)18-20(22)13-14-29(26,27(36-4)28(34)35)15-17-33(3)16-7-10-25-31-23-8-5-6-9-24(23)32-25/h5-6,8-9,11-12,18-19,26-27H,7,10,13-17H2,1-4H3,(H,31,32)(H,34,35)/t26?,27-,29?/m1/s1. The Morgan fingerprint density at radius 1 is 1.28 bits per heavy atom. The van der Waals surface area contributed by atoms with E-state index in [1.54, 1.807) is 6.07 Å². The highest BCUT2D eigenvalue weighted by Gasteiger charge is 2.52. The maximum Gasteiger partial charge on any atom is 0.333 e. The van der Waals surface area contributed by atoms with E-state index in [4.69, 9.17) is 4.74 Å². The molecule has 0 bridgehead atoms. The third-order valence-electron chi connectivity index (χ3n) is 7.92. The van der Waals surface area contributed by atoms with E-state index >= 15 is 0 Å². The Bertz CT molecular complexity index is 1160. The van der Waals surface area contributed by atoms with Crippen LogP contribution in [0, 0.1) is 17.2 Å². The number of benzene rings is 2. The molecule has 2 aromatic carbocycles. The highest BCUT2D eigenvalue weighted by molar-refractivity contribution is 5.75. The van der Waals surface area contributed by atoms with Crippen LogP contribution in [0.4, 0.5) is 4.39 Å². The lowest BCUT2D eigenvalue weighted by atomic mass is 9.56. The number of aliphatic carboxylic acids is 1. The number of carbonyl (C=O) groups is 1.